The van der Waals surface area contributed by atoms with Gasteiger partial charge in [-0.25, -0.2) is 9.78 Å². The molecule has 2 aliphatic heterocycles. The van der Waals surface area contributed by atoms with E-state index in [9.17, 15) is 4.79 Å². The van der Waals surface area contributed by atoms with E-state index < -0.39 is 6.16 Å². The molecule has 0 amide bonds. The summed E-state index contributed by atoms with van der Waals surface area (Å²) in [5.74, 6) is 2.19. The number of piperidine rings is 1. The molecular formula is C34H35N3O4. The molecule has 1 fully saturated rings. The van der Waals surface area contributed by atoms with E-state index in [0.717, 1.165) is 56.9 Å². The Morgan fingerprint density at radius 1 is 0.854 bits per heavy atom. The summed E-state index contributed by atoms with van der Waals surface area (Å²) in [4.78, 5) is 19.1. The first-order chi connectivity index (χ1) is 20.2. The summed E-state index contributed by atoms with van der Waals surface area (Å²) in [6.45, 7) is 4.31. The van der Waals surface area contributed by atoms with Gasteiger partial charge in [-0.2, -0.15) is 0 Å². The number of hydrogen-bond acceptors (Lipinski definition) is 6. The minimum Gasteiger partial charge on any atom is -0.489 e. The SMILES string of the molecule is COC(=O)Oc1cnc2n1CCc1ccccc1C2=C1CCN(CCc2ccc(OCc3ccccc3)cc2)CC1. The van der Waals surface area contributed by atoms with Gasteiger partial charge in [0.15, 0.2) is 0 Å². The lowest BCUT2D eigenvalue weighted by atomic mass is 9.90. The minimum atomic E-state index is -0.730. The van der Waals surface area contributed by atoms with Crippen molar-refractivity contribution in [1.82, 2.24) is 14.5 Å². The highest BCUT2D eigenvalue weighted by Gasteiger charge is 2.27. The summed E-state index contributed by atoms with van der Waals surface area (Å²) in [5.41, 5.74) is 7.61. The van der Waals surface area contributed by atoms with Crippen molar-refractivity contribution in [2.45, 2.75) is 38.8 Å². The summed E-state index contributed by atoms with van der Waals surface area (Å²) in [6, 6.07) is 27.3. The van der Waals surface area contributed by atoms with E-state index in [0.29, 0.717) is 19.0 Å². The van der Waals surface area contributed by atoms with Crippen LogP contribution in [0, 0.1) is 0 Å². The Morgan fingerprint density at radius 3 is 2.39 bits per heavy atom. The summed E-state index contributed by atoms with van der Waals surface area (Å²) in [6.07, 6.45) is 4.72. The van der Waals surface area contributed by atoms with Gasteiger partial charge in [-0.1, -0.05) is 72.3 Å². The normalized spacial score (nSPS) is 15.0. The summed E-state index contributed by atoms with van der Waals surface area (Å²) in [7, 11) is 1.32. The van der Waals surface area contributed by atoms with Gasteiger partial charge in [0, 0.05) is 31.8 Å². The smallest absolute Gasteiger partial charge is 0.489 e. The molecule has 3 heterocycles. The third-order valence-corrected chi connectivity index (χ3v) is 7.99. The number of aryl methyl sites for hydroxylation is 1. The molecule has 7 nitrogen and oxygen atoms in total. The average molecular weight is 550 g/mol. The maximum absolute atomic E-state index is 11.8. The molecule has 0 aliphatic carbocycles. The highest BCUT2D eigenvalue weighted by atomic mass is 16.7. The van der Waals surface area contributed by atoms with Crippen LogP contribution in [-0.2, 0) is 30.7 Å². The fraction of sp³-hybridized carbons (Fsp3) is 0.294. The highest BCUT2D eigenvalue weighted by Crippen LogP contribution is 2.37. The number of hydrogen-bond donors (Lipinski definition) is 0. The van der Waals surface area contributed by atoms with Crippen molar-refractivity contribution in [3.05, 3.63) is 119 Å². The van der Waals surface area contributed by atoms with Gasteiger partial charge in [0.25, 0.3) is 0 Å². The number of methoxy groups -OCH3 is 1. The molecular weight excluding hydrogens is 514 g/mol. The predicted octanol–water partition coefficient (Wildman–Crippen LogP) is 6.30. The Bertz CT molecular complexity index is 1520. The molecule has 0 bridgehead atoms. The van der Waals surface area contributed by atoms with Crippen molar-refractivity contribution in [2.75, 3.05) is 26.7 Å². The largest absolute Gasteiger partial charge is 0.514 e. The van der Waals surface area contributed by atoms with Gasteiger partial charge in [-0.15, -0.1) is 0 Å². The average Bonchev–Trinajstić information content (AvgIpc) is 3.33. The lowest BCUT2D eigenvalue weighted by Crippen LogP contribution is -2.33. The fourth-order valence-corrected chi connectivity index (χ4v) is 5.74. The molecule has 7 heteroatoms. The molecule has 0 N–H and O–H groups in total. The topological polar surface area (TPSA) is 65.8 Å². The van der Waals surface area contributed by atoms with Crippen molar-refractivity contribution < 1.29 is 19.0 Å². The number of ether oxygens (including phenoxy) is 3. The van der Waals surface area contributed by atoms with Gasteiger partial charge in [0.05, 0.1) is 13.3 Å². The minimum absolute atomic E-state index is 0.423. The second-order valence-corrected chi connectivity index (χ2v) is 10.5. The molecule has 41 heavy (non-hydrogen) atoms. The molecule has 3 aromatic carbocycles. The van der Waals surface area contributed by atoms with E-state index in [1.54, 1.807) is 6.20 Å². The number of carbonyl (C=O) groups excluding carboxylic acids is 1. The zero-order chi connectivity index (χ0) is 28.0. The van der Waals surface area contributed by atoms with Crippen LogP contribution >= 0.6 is 0 Å². The Labute approximate surface area is 241 Å². The van der Waals surface area contributed by atoms with Gasteiger partial charge in [0.1, 0.15) is 18.2 Å². The lowest BCUT2D eigenvalue weighted by Gasteiger charge is -2.30. The van der Waals surface area contributed by atoms with E-state index in [-0.39, 0.29) is 0 Å². The molecule has 210 valence electrons. The zero-order valence-corrected chi connectivity index (χ0v) is 23.4. The van der Waals surface area contributed by atoms with Crippen LogP contribution < -0.4 is 9.47 Å². The molecule has 0 radical (unpaired) electrons. The van der Waals surface area contributed by atoms with Crippen LogP contribution in [0.1, 0.15) is 40.9 Å². The standard InChI is InChI=1S/C34H35N3O4/c1-39-34(38)41-31-23-35-33-32(30-10-6-5-9-27(30)18-22-37(31)33)28-16-20-36(21-17-28)19-15-25-11-13-29(14-12-25)40-24-26-7-3-2-4-8-26/h2-14,23H,15-22,24H2,1H3. The Morgan fingerprint density at radius 2 is 1.61 bits per heavy atom. The molecule has 0 saturated carbocycles. The van der Waals surface area contributed by atoms with E-state index in [4.69, 9.17) is 19.2 Å². The molecule has 1 saturated heterocycles. The van der Waals surface area contributed by atoms with Crippen molar-refractivity contribution >= 4 is 11.7 Å². The zero-order valence-electron chi connectivity index (χ0n) is 23.4. The Hall–Kier alpha value is -4.36. The van der Waals surface area contributed by atoms with E-state index in [2.05, 4.69) is 65.6 Å². The first-order valence-corrected chi connectivity index (χ1v) is 14.3. The number of fused-ring (bicyclic) bond motifs is 2. The molecule has 6 rings (SSSR count). The molecule has 0 spiro atoms. The van der Waals surface area contributed by atoms with Gasteiger partial charge < -0.3 is 19.1 Å². The third-order valence-electron chi connectivity index (χ3n) is 7.99. The molecule has 1 aromatic heterocycles. The lowest BCUT2D eigenvalue weighted by molar-refractivity contribution is 0.118. The first-order valence-electron chi connectivity index (χ1n) is 14.3. The van der Waals surface area contributed by atoms with E-state index in [1.807, 2.05) is 22.8 Å². The predicted molar refractivity (Wildman–Crippen MR) is 158 cm³/mol. The van der Waals surface area contributed by atoms with Crippen molar-refractivity contribution in [1.29, 1.82) is 0 Å². The van der Waals surface area contributed by atoms with Crippen molar-refractivity contribution in [3.63, 3.8) is 0 Å². The number of benzene rings is 3. The van der Waals surface area contributed by atoms with Crippen molar-refractivity contribution in [2.24, 2.45) is 0 Å². The maximum atomic E-state index is 11.8. The van der Waals surface area contributed by atoms with Gasteiger partial charge in [-0.05, 0) is 60.1 Å². The van der Waals surface area contributed by atoms with Crippen LogP contribution in [0.5, 0.6) is 11.6 Å². The van der Waals surface area contributed by atoms with Gasteiger partial charge in [0.2, 0.25) is 5.88 Å². The number of likely N-dealkylation sites (tertiary alicyclic amines) is 1. The van der Waals surface area contributed by atoms with Gasteiger partial charge >= 0.3 is 6.16 Å². The number of carbonyl (C=O) groups is 1. The van der Waals surface area contributed by atoms with E-state index in [1.165, 1.54) is 40.5 Å². The van der Waals surface area contributed by atoms with Crippen LogP contribution in [0.15, 0.2) is 90.6 Å². The summed E-state index contributed by atoms with van der Waals surface area (Å²) >= 11 is 0. The second kappa shape index (κ2) is 12.4. The Kier molecular flexibility index (Phi) is 8.14. The number of rotatable bonds is 7. The fourth-order valence-electron chi connectivity index (χ4n) is 5.74. The van der Waals surface area contributed by atoms with Crippen LogP contribution in [0.3, 0.4) is 0 Å². The molecule has 4 aromatic rings. The number of nitrogens with zero attached hydrogens (tertiary/aromatic N) is 3. The third kappa shape index (κ3) is 6.20. The monoisotopic (exact) mass is 549 g/mol. The van der Waals surface area contributed by atoms with Crippen LogP contribution in [0.25, 0.3) is 5.57 Å². The molecule has 0 unspecified atom stereocenters. The quantitative estimate of drug-likeness (QED) is 0.252. The molecule has 0 atom stereocenters. The highest BCUT2D eigenvalue weighted by molar-refractivity contribution is 5.82. The Balaban J connectivity index is 1.11. The first kappa shape index (κ1) is 26.8. The number of imidazole rings is 1. The van der Waals surface area contributed by atoms with Crippen molar-refractivity contribution in [3.8, 4) is 11.6 Å². The second-order valence-electron chi connectivity index (χ2n) is 10.5. The maximum Gasteiger partial charge on any atom is 0.514 e. The van der Waals surface area contributed by atoms with Gasteiger partial charge in [-0.3, -0.25) is 4.57 Å². The number of aromatic nitrogens is 2. The van der Waals surface area contributed by atoms with Crippen LogP contribution in [-0.4, -0.2) is 47.4 Å². The summed E-state index contributed by atoms with van der Waals surface area (Å²) in [5, 5.41) is 0. The molecule has 2 aliphatic rings. The summed E-state index contributed by atoms with van der Waals surface area (Å²) < 4.78 is 18.1. The van der Waals surface area contributed by atoms with E-state index >= 15 is 0 Å². The van der Waals surface area contributed by atoms with Crippen LogP contribution in [0.2, 0.25) is 0 Å². The van der Waals surface area contributed by atoms with Crippen LogP contribution in [0.4, 0.5) is 4.79 Å².